The Kier molecular flexibility index (Phi) is 7.01. The maximum atomic E-state index is 12.6. The molecule has 27 heavy (non-hydrogen) atoms. The van der Waals surface area contributed by atoms with Gasteiger partial charge in [-0.15, -0.1) is 0 Å². The number of hydrogen-bond donors (Lipinski definition) is 0. The number of nitrogens with zero attached hydrogens (tertiary/aromatic N) is 1. The first kappa shape index (κ1) is 20.4. The average molecular weight is 493 g/mol. The van der Waals surface area contributed by atoms with Crippen LogP contribution in [0.4, 0.5) is 0 Å². The Balaban J connectivity index is 1.62. The summed E-state index contributed by atoms with van der Waals surface area (Å²) in [7, 11) is 2.05. The number of rotatable bonds is 6. The molecule has 0 spiro atoms. The number of carbonyl (C=O) groups excluding carboxylic acids is 2. The van der Waals surface area contributed by atoms with Gasteiger partial charge in [0.1, 0.15) is 0 Å². The molecule has 1 heterocycles. The maximum Gasteiger partial charge on any atom is 0.164 e. The second-order valence-electron chi connectivity index (χ2n) is 7.17. The zero-order valence-corrected chi connectivity index (χ0v) is 18.5. The number of hydrogen-bond acceptors (Lipinski definition) is 3. The summed E-state index contributed by atoms with van der Waals surface area (Å²) in [5.41, 5.74) is 1.50. The fourth-order valence-corrected chi connectivity index (χ4v) is 4.25. The minimum Gasteiger partial charge on any atom is -0.300 e. The highest BCUT2D eigenvalue weighted by molar-refractivity contribution is 9.10. The van der Waals surface area contributed by atoms with Crippen molar-refractivity contribution >= 4 is 43.4 Å². The zero-order chi connectivity index (χ0) is 19.4. The van der Waals surface area contributed by atoms with E-state index in [4.69, 9.17) is 0 Å². The summed E-state index contributed by atoms with van der Waals surface area (Å²) in [6.45, 7) is 0. The Morgan fingerprint density at radius 3 is 1.56 bits per heavy atom. The van der Waals surface area contributed by atoms with Crippen LogP contribution in [0.25, 0.3) is 0 Å². The lowest BCUT2D eigenvalue weighted by Gasteiger charge is -2.39. The molecule has 1 aliphatic rings. The van der Waals surface area contributed by atoms with Gasteiger partial charge in [0.05, 0.1) is 0 Å². The van der Waals surface area contributed by atoms with E-state index < -0.39 is 0 Å². The van der Waals surface area contributed by atoms with Gasteiger partial charge >= 0.3 is 0 Å². The van der Waals surface area contributed by atoms with Crippen LogP contribution >= 0.6 is 31.9 Å². The minimum absolute atomic E-state index is 0.166. The summed E-state index contributed by atoms with van der Waals surface area (Å²) >= 11 is 6.80. The molecule has 0 aromatic heterocycles. The van der Waals surface area contributed by atoms with Crippen molar-refractivity contribution in [2.45, 2.75) is 44.2 Å². The molecule has 1 fully saturated rings. The Morgan fingerprint density at radius 2 is 1.19 bits per heavy atom. The van der Waals surface area contributed by atoms with Crippen molar-refractivity contribution in [3.8, 4) is 0 Å². The lowest BCUT2D eigenvalue weighted by atomic mass is 9.88. The predicted molar refractivity (Wildman–Crippen MR) is 115 cm³/mol. The van der Waals surface area contributed by atoms with Crippen LogP contribution in [-0.4, -0.2) is 35.6 Å². The molecule has 3 nitrogen and oxygen atoms in total. The molecule has 2 unspecified atom stereocenters. The van der Waals surface area contributed by atoms with E-state index in [1.807, 2.05) is 48.5 Å². The van der Waals surface area contributed by atoms with E-state index in [0.29, 0.717) is 12.8 Å². The molecule has 0 saturated carbocycles. The number of piperidine rings is 1. The molecular formula is C22H23Br2NO2. The molecule has 5 heteroatoms. The van der Waals surface area contributed by atoms with Crippen LogP contribution in [0.2, 0.25) is 0 Å². The molecule has 0 aliphatic carbocycles. The van der Waals surface area contributed by atoms with E-state index >= 15 is 0 Å². The number of ketones is 2. The average Bonchev–Trinajstić information content (AvgIpc) is 2.66. The third kappa shape index (κ3) is 5.37. The fraction of sp³-hybridized carbons (Fsp3) is 0.364. The molecule has 142 valence electrons. The second kappa shape index (κ2) is 9.26. The van der Waals surface area contributed by atoms with Crippen molar-refractivity contribution in [3.63, 3.8) is 0 Å². The standard InChI is InChI=1S/C22H23Br2NO2/c1-25-19(13-21(26)15-5-9-17(23)10-6-15)3-2-4-20(25)14-22(27)16-7-11-18(24)12-8-16/h5-12,19-20H,2-4,13-14H2,1H3. The molecular weight excluding hydrogens is 470 g/mol. The minimum atomic E-state index is 0.166. The van der Waals surface area contributed by atoms with Gasteiger partial charge in [0.25, 0.3) is 0 Å². The van der Waals surface area contributed by atoms with Crippen LogP contribution in [0.5, 0.6) is 0 Å². The van der Waals surface area contributed by atoms with Crippen LogP contribution in [-0.2, 0) is 0 Å². The van der Waals surface area contributed by atoms with Gasteiger partial charge in [-0.2, -0.15) is 0 Å². The highest BCUT2D eigenvalue weighted by Gasteiger charge is 2.30. The van der Waals surface area contributed by atoms with E-state index in [1.54, 1.807) is 0 Å². The molecule has 0 amide bonds. The van der Waals surface area contributed by atoms with Crippen molar-refractivity contribution in [2.75, 3.05) is 7.05 Å². The summed E-state index contributed by atoms with van der Waals surface area (Å²) < 4.78 is 1.95. The third-order valence-electron chi connectivity index (χ3n) is 5.40. The molecule has 2 aromatic carbocycles. The Labute approximate surface area is 177 Å². The molecule has 0 N–H and O–H groups in total. The predicted octanol–water partition coefficient (Wildman–Crippen LogP) is 5.91. The van der Waals surface area contributed by atoms with Crippen LogP contribution in [0.1, 0.15) is 52.8 Å². The molecule has 1 saturated heterocycles. The number of halogens is 2. The number of benzene rings is 2. The van der Waals surface area contributed by atoms with E-state index in [9.17, 15) is 9.59 Å². The molecule has 3 rings (SSSR count). The van der Waals surface area contributed by atoms with E-state index in [2.05, 4.69) is 43.8 Å². The maximum absolute atomic E-state index is 12.6. The summed E-state index contributed by atoms with van der Waals surface area (Å²) in [6.07, 6.45) is 4.06. The van der Waals surface area contributed by atoms with E-state index in [1.165, 1.54) is 0 Å². The van der Waals surface area contributed by atoms with Crippen LogP contribution in [0.3, 0.4) is 0 Å². The third-order valence-corrected chi connectivity index (χ3v) is 6.46. The first-order valence-electron chi connectivity index (χ1n) is 9.23. The van der Waals surface area contributed by atoms with Gasteiger partial charge in [-0.25, -0.2) is 0 Å². The fourth-order valence-electron chi connectivity index (χ4n) is 3.72. The van der Waals surface area contributed by atoms with E-state index in [-0.39, 0.29) is 23.7 Å². The quantitative estimate of drug-likeness (QED) is 0.470. The van der Waals surface area contributed by atoms with Gasteiger partial charge in [0.15, 0.2) is 11.6 Å². The first-order chi connectivity index (χ1) is 12.9. The SMILES string of the molecule is CN1C(CC(=O)c2ccc(Br)cc2)CCCC1CC(=O)c1ccc(Br)cc1. The molecule has 0 bridgehead atoms. The normalized spacial score (nSPS) is 20.4. The number of carbonyl (C=O) groups is 2. The van der Waals surface area contributed by atoms with Gasteiger partial charge in [-0.05, 0) is 44.2 Å². The monoisotopic (exact) mass is 491 g/mol. The second-order valence-corrected chi connectivity index (χ2v) is 9.00. The van der Waals surface area contributed by atoms with E-state index in [0.717, 1.165) is 39.3 Å². The van der Waals surface area contributed by atoms with Crippen LogP contribution in [0.15, 0.2) is 57.5 Å². The van der Waals surface area contributed by atoms with Crippen LogP contribution in [0, 0.1) is 0 Å². The van der Waals surface area contributed by atoms with Crippen molar-refractivity contribution < 1.29 is 9.59 Å². The molecule has 1 aliphatic heterocycles. The largest absolute Gasteiger partial charge is 0.300 e. The Bertz CT molecular complexity index is 735. The highest BCUT2D eigenvalue weighted by atomic mass is 79.9. The highest BCUT2D eigenvalue weighted by Crippen LogP contribution is 2.27. The Hall–Kier alpha value is -1.30. The van der Waals surface area contributed by atoms with Crippen molar-refractivity contribution in [1.29, 1.82) is 0 Å². The summed E-state index contributed by atoms with van der Waals surface area (Å²) in [5.74, 6) is 0.332. The van der Waals surface area contributed by atoms with Crippen molar-refractivity contribution in [3.05, 3.63) is 68.6 Å². The Morgan fingerprint density at radius 1 is 0.815 bits per heavy atom. The number of Topliss-reactive ketones (excluding diaryl/α,β-unsaturated/α-hetero) is 2. The van der Waals surface area contributed by atoms with Gasteiger partial charge in [-0.3, -0.25) is 14.5 Å². The zero-order valence-electron chi connectivity index (χ0n) is 15.3. The molecule has 0 radical (unpaired) electrons. The smallest absolute Gasteiger partial charge is 0.164 e. The number of likely N-dealkylation sites (tertiary alicyclic amines) is 1. The summed E-state index contributed by atoms with van der Waals surface area (Å²) in [6, 6.07) is 15.4. The van der Waals surface area contributed by atoms with Gasteiger partial charge in [0, 0.05) is 45.0 Å². The van der Waals surface area contributed by atoms with Crippen molar-refractivity contribution in [1.82, 2.24) is 4.90 Å². The first-order valence-corrected chi connectivity index (χ1v) is 10.8. The topological polar surface area (TPSA) is 37.4 Å². The summed E-state index contributed by atoms with van der Waals surface area (Å²) in [4.78, 5) is 27.5. The van der Waals surface area contributed by atoms with Crippen LogP contribution < -0.4 is 0 Å². The lowest BCUT2D eigenvalue weighted by molar-refractivity contribution is 0.0723. The molecule has 2 aromatic rings. The lowest BCUT2D eigenvalue weighted by Crippen LogP contribution is -2.45. The van der Waals surface area contributed by atoms with Gasteiger partial charge < -0.3 is 0 Å². The summed E-state index contributed by atoms with van der Waals surface area (Å²) in [5, 5.41) is 0. The van der Waals surface area contributed by atoms with Crippen molar-refractivity contribution in [2.24, 2.45) is 0 Å². The van der Waals surface area contributed by atoms with Gasteiger partial charge in [-0.1, -0.05) is 62.5 Å². The van der Waals surface area contributed by atoms with Gasteiger partial charge in [0.2, 0.25) is 0 Å². The molecule has 2 atom stereocenters.